The van der Waals surface area contributed by atoms with Crippen molar-refractivity contribution in [2.45, 2.75) is 0 Å². The van der Waals surface area contributed by atoms with Gasteiger partial charge in [-0.25, -0.2) is 8.78 Å². The quantitative estimate of drug-likeness (QED) is 0.909. The summed E-state index contributed by atoms with van der Waals surface area (Å²) in [5, 5.41) is 2.52. The summed E-state index contributed by atoms with van der Waals surface area (Å²) in [6, 6.07) is 11.6. The van der Waals surface area contributed by atoms with E-state index in [0.29, 0.717) is 26.2 Å². The van der Waals surface area contributed by atoms with Gasteiger partial charge in [-0.3, -0.25) is 9.59 Å². The minimum atomic E-state index is -0.499. The minimum absolute atomic E-state index is 0.133. The molecule has 1 heterocycles. The molecule has 0 saturated carbocycles. The highest BCUT2D eigenvalue weighted by atomic mass is 19.1. The van der Waals surface area contributed by atoms with E-state index in [9.17, 15) is 18.4 Å². The third kappa shape index (κ3) is 4.36. The van der Waals surface area contributed by atoms with Crippen LogP contribution in [0.1, 0.15) is 10.4 Å². The van der Waals surface area contributed by atoms with Crippen LogP contribution in [0.25, 0.3) is 0 Å². The third-order valence-electron chi connectivity index (χ3n) is 4.31. The molecule has 1 saturated heterocycles. The van der Waals surface area contributed by atoms with Gasteiger partial charge in [0, 0.05) is 37.4 Å². The zero-order valence-corrected chi connectivity index (χ0v) is 14.1. The van der Waals surface area contributed by atoms with Crippen LogP contribution < -0.4 is 10.2 Å². The molecule has 0 atom stereocenters. The topological polar surface area (TPSA) is 52.7 Å². The molecule has 2 aromatic rings. The Morgan fingerprint density at radius 1 is 0.923 bits per heavy atom. The number of hydrogen-bond acceptors (Lipinski definition) is 3. The molecule has 2 aromatic carbocycles. The van der Waals surface area contributed by atoms with Crippen LogP contribution in [0.3, 0.4) is 0 Å². The Labute approximate surface area is 150 Å². The Morgan fingerprint density at radius 3 is 2.27 bits per heavy atom. The van der Waals surface area contributed by atoms with E-state index in [-0.39, 0.29) is 23.8 Å². The molecule has 0 unspecified atom stereocenters. The van der Waals surface area contributed by atoms with Crippen LogP contribution >= 0.6 is 0 Å². The molecule has 0 bridgehead atoms. The Kier molecular flexibility index (Phi) is 5.46. The molecule has 2 amide bonds. The zero-order chi connectivity index (χ0) is 18.5. The molecule has 1 fully saturated rings. The minimum Gasteiger partial charge on any atom is -0.368 e. The molecule has 5 nitrogen and oxygen atoms in total. The number of carbonyl (C=O) groups is 2. The van der Waals surface area contributed by atoms with Gasteiger partial charge in [-0.15, -0.1) is 0 Å². The lowest BCUT2D eigenvalue weighted by molar-refractivity contribution is -0.130. The van der Waals surface area contributed by atoms with Gasteiger partial charge in [0.05, 0.1) is 6.54 Å². The molecule has 136 valence electrons. The molecule has 7 heteroatoms. The Hall–Kier alpha value is -2.96. The van der Waals surface area contributed by atoms with Crippen molar-refractivity contribution in [2.75, 3.05) is 37.6 Å². The van der Waals surface area contributed by atoms with E-state index in [4.69, 9.17) is 0 Å². The first kappa shape index (κ1) is 17.8. The van der Waals surface area contributed by atoms with Gasteiger partial charge < -0.3 is 15.1 Å². The van der Waals surface area contributed by atoms with Gasteiger partial charge in [0.25, 0.3) is 5.91 Å². The van der Waals surface area contributed by atoms with Crippen LogP contribution in [0.15, 0.2) is 48.5 Å². The normalized spacial score (nSPS) is 14.2. The number of piperazine rings is 1. The molecule has 1 aliphatic heterocycles. The van der Waals surface area contributed by atoms with Gasteiger partial charge in [0.2, 0.25) is 5.91 Å². The lowest BCUT2D eigenvalue weighted by atomic mass is 10.2. The van der Waals surface area contributed by atoms with Gasteiger partial charge in [0.15, 0.2) is 0 Å². The maximum Gasteiger partial charge on any atom is 0.251 e. The van der Waals surface area contributed by atoms with E-state index in [1.165, 1.54) is 30.3 Å². The Balaban J connectivity index is 1.47. The maximum absolute atomic E-state index is 13.1. The van der Waals surface area contributed by atoms with Crippen LogP contribution in [0.5, 0.6) is 0 Å². The average Bonchev–Trinajstić information content (AvgIpc) is 2.66. The summed E-state index contributed by atoms with van der Waals surface area (Å²) >= 11 is 0. The number of nitrogens with one attached hydrogen (secondary N) is 1. The summed E-state index contributed by atoms with van der Waals surface area (Å²) in [6.45, 7) is 2.18. The number of hydrogen-bond donors (Lipinski definition) is 1. The Bertz CT molecular complexity index is 788. The number of rotatable bonds is 4. The van der Waals surface area contributed by atoms with Crippen LogP contribution in [-0.2, 0) is 4.79 Å². The van der Waals surface area contributed by atoms with Crippen LogP contribution in [-0.4, -0.2) is 49.4 Å². The lowest BCUT2D eigenvalue weighted by Crippen LogP contribution is -2.51. The predicted molar refractivity (Wildman–Crippen MR) is 93.9 cm³/mol. The smallest absolute Gasteiger partial charge is 0.251 e. The standard InChI is InChI=1S/C19H19F2N3O2/c20-15-4-6-17(7-5-15)23-8-10-24(11-9-23)18(25)13-22-19(26)14-2-1-3-16(21)12-14/h1-7,12H,8-11,13H2,(H,22,26). The second-order valence-electron chi connectivity index (χ2n) is 6.04. The van der Waals surface area contributed by atoms with E-state index in [0.717, 1.165) is 11.8 Å². The van der Waals surface area contributed by atoms with Gasteiger partial charge in [0.1, 0.15) is 11.6 Å². The van der Waals surface area contributed by atoms with Gasteiger partial charge in [-0.05, 0) is 42.5 Å². The van der Waals surface area contributed by atoms with E-state index in [1.807, 2.05) is 0 Å². The Morgan fingerprint density at radius 2 is 1.62 bits per heavy atom. The summed E-state index contributed by atoms with van der Waals surface area (Å²) in [4.78, 5) is 28.0. The number of anilines is 1. The fourth-order valence-electron chi connectivity index (χ4n) is 2.87. The molecule has 0 radical (unpaired) electrons. The highest BCUT2D eigenvalue weighted by Gasteiger charge is 2.21. The molecule has 0 aromatic heterocycles. The fourth-order valence-corrected chi connectivity index (χ4v) is 2.87. The van der Waals surface area contributed by atoms with Crippen molar-refractivity contribution in [1.29, 1.82) is 0 Å². The highest BCUT2D eigenvalue weighted by Crippen LogP contribution is 2.16. The summed E-state index contributed by atoms with van der Waals surface area (Å²) in [6.07, 6.45) is 0. The molecule has 26 heavy (non-hydrogen) atoms. The number of nitrogens with zero attached hydrogens (tertiary/aromatic N) is 2. The SMILES string of the molecule is O=C(NCC(=O)N1CCN(c2ccc(F)cc2)CC1)c1cccc(F)c1. The highest BCUT2D eigenvalue weighted by molar-refractivity contribution is 5.96. The van der Waals surface area contributed by atoms with Crippen LogP contribution in [0.2, 0.25) is 0 Å². The first-order valence-electron chi connectivity index (χ1n) is 8.35. The molecule has 0 aliphatic carbocycles. The van der Waals surface area contributed by atoms with Crippen LogP contribution in [0.4, 0.5) is 14.5 Å². The monoisotopic (exact) mass is 359 g/mol. The van der Waals surface area contributed by atoms with Crippen molar-refractivity contribution < 1.29 is 18.4 Å². The summed E-state index contributed by atoms with van der Waals surface area (Å²) in [7, 11) is 0. The predicted octanol–water partition coefficient (Wildman–Crippen LogP) is 2.04. The summed E-state index contributed by atoms with van der Waals surface area (Å²) < 4.78 is 26.1. The molecular formula is C19H19F2N3O2. The number of carbonyl (C=O) groups excluding carboxylic acids is 2. The molecule has 1 aliphatic rings. The van der Waals surface area contributed by atoms with Gasteiger partial charge in [-0.2, -0.15) is 0 Å². The van der Waals surface area contributed by atoms with Crippen molar-refractivity contribution in [1.82, 2.24) is 10.2 Å². The molecule has 1 N–H and O–H groups in total. The number of halogens is 2. The van der Waals surface area contributed by atoms with Gasteiger partial charge >= 0.3 is 0 Å². The zero-order valence-electron chi connectivity index (χ0n) is 14.1. The van der Waals surface area contributed by atoms with E-state index >= 15 is 0 Å². The number of benzene rings is 2. The van der Waals surface area contributed by atoms with Gasteiger partial charge in [-0.1, -0.05) is 6.07 Å². The summed E-state index contributed by atoms with van der Waals surface area (Å²) in [5.74, 6) is -1.45. The molecular weight excluding hydrogens is 340 g/mol. The van der Waals surface area contributed by atoms with Crippen molar-refractivity contribution in [3.8, 4) is 0 Å². The lowest BCUT2D eigenvalue weighted by Gasteiger charge is -2.36. The maximum atomic E-state index is 13.1. The first-order valence-corrected chi connectivity index (χ1v) is 8.35. The van der Waals surface area contributed by atoms with E-state index < -0.39 is 11.7 Å². The van der Waals surface area contributed by atoms with Crippen molar-refractivity contribution in [2.24, 2.45) is 0 Å². The third-order valence-corrected chi connectivity index (χ3v) is 4.31. The first-order chi connectivity index (χ1) is 12.5. The number of amides is 2. The molecule has 0 spiro atoms. The van der Waals surface area contributed by atoms with E-state index in [1.54, 1.807) is 17.0 Å². The summed E-state index contributed by atoms with van der Waals surface area (Å²) in [5.41, 5.74) is 1.09. The van der Waals surface area contributed by atoms with Crippen molar-refractivity contribution >= 4 is 17.5 Å². The van der Waals surface area contributed by atoms with Crippen LogP contribution in [0, 0.1) is 11.6 Å². The fraction of sp³-hybridized carbons (Fsp3) is 0.263. The molecule has 3 rings (SSSR count). The average molecular weight is 359 g/mol. The second-order valence-corrected chi connectivity index (χ2v) is 6.04. The van der Waals surface area contributed by atoms with Crippen molar-refractivity contribution in [3.63, 3.8) is 0 Å². The largest absolute Gasteiger partial charge is 0.368 e. The second kappa shape index (κ2) is 7.95. The van der Waals surface area contributed by atoms with Crippen molar-refractivity contribution in [3.05, 3.63) is 65.7 Å². The van der Waals surface area contributed by atoms with E-state index in [2.05, 4.69) is 10.2 Å².